The number of hydrogen-bond donors (Lipinski definition) is 2. The van der Waals surface area contributed by atoms with Gasteiger partial charge in [-0.2, -0.15) is 0 Å². The topological polar surface area (TPSA) is 50.4 Å². The van der Waals surface area contributed by atoms with E-state index in [2.05, 4.69) is 10.9 Å². The molecule has 4 nitrogen and oxygen atoms in total. The predicted octanol–water partition coefficient (Wildman–Crippen LogP) is 1.89. The van der Waals surface area contributed by atoms with Crippen molar-refractivity contribution >= 4 is 17.5 Å². The number of ether oxygens (including phenoxy) is 1. The fourth-order valence-corrected chi connectivity index (χ4v) is 1.43. The lowest BCUT2D eigenvalue weighted by molar-refractivity contribution is -0.122. The highest BCUT2D eigenvalue weighted by molar-refractivity contribution is 6.32. The molecule has 0 aliphatic heterocycles. The number of carbonyl (C=O) groups excluding carboxylic acids is 1. The number of nitrogens with one attached hydrogen (secondary N) is 2. The van der Waals surface area contributed by atoms with Crippen molar-refractivity contribution in [2.45, 2.75) is 12.8 Å². The van der Waals surface area contributed by atoms with E-state index >= 15 is 0 Å². The van der Waals surface area contributed by atoms with Gasteiger partial charge in [0.25, 0.3) is 0 Å². The van der Waals surface area contributed by atoms with Crippen LogP contribution in [0, 0.1) is 5.82 Å². The second-order valence-electron chi connectivity index (χ2n) is 3.32. The number of hydrogen-bond acceptors (Lipinski definition) is 3. The third-order valence-corrected chi connectivity index (χ3v) is 2.26. The summed E-state index contributed by atoms with van der Waals surface area (Å²) in [5.41, 5.74) is 4.98. The van der Waals surface area contributed by atoms with Crippen molar-refractivity contribution in [2.24, 2.45) is 0 Å². The van der Waals surface area contributed by atoms with Crippen LogP contribution in [-0.2, 0) is 4.79 Å². The van der Waals surface area contributed by atoms with Gasteiger partial charge in [0.1, 0.15) is 11.6 Å². The second kappa shape index (κ2) is 7.09. The molecule has 0 bridgehead atoms. The van der Waals surface area contributed by atoms with E-state index in [1.165, 1.54) is 18.2 Å². The van der Waals surface area contributed by atoms with E-state index in [9.17, 15) is 9.18 Å². The Labute approximate surface area is 104 Å². The fraction of sp³-hybridized carbons (Fsp3) is 0.364. The summed E-state index contributed by atoms with van der Waals surface area (Å²) >= 11 is 5.77. The highest BCUT2D eigenvalue weighted by atomic mass is 35.5. The van der Waals surface area contributed by atoms with Gasteiger partial charge in [-0.05, 0) is 24.6 Å². The Morgan fingerprint density at radius 1 is 1.53 bits per heavy atom. The molecule has 17 heavy (non-hydrogen) atoms. The standard InChI is InChI=1S/C11H14ClFN2O2/c1-14-15-11(16)3-2-6-17-10-5-4-8(13)7-9(10)12/h4-5,7,14H,2-3,6H2,1H3,(H,15,16). The van der Waals surface area contributed by atoms with Gasteiger partial charge in [-0.15, -0.1) is 0 Å². The Kier molecular flexibility index (Phi) is 5.72. The first-order valence-electron chi connectivity index (χ1n) is 5.17. The fourth-order valence-electron chi connectivity index (χ4n) is 1.21. The van der Waals surface area contributed by atoms with Crippen molar-refractivity contribution in [3.05, 3.63) is 29.0 Å². The number of benzene rings is 1. The van der Waals surface area contributed by atoms with Crippen molar-refractivity contribution in [2.75, 3.05) is 13.7 Å². The number of hydrazine groups is 1. The Morgan fingerprint density at radius 3 is 2.94 bits per heavy atom. The van der Waals surface area contributed by atoms with Gasteiger partial charge in [0.2, 0.25) is 5.91 Å². The van der Waals surface area contributed by atoms with E-state index in [0.717, 1.165) is 0 Å². The van der Waals surface area contributed by atoms with Crippen molar-refractivity contribution in [3.63, 3.8) is 0 Å². The minimum Gasteiger partial charge on any atom is -0.492 e. The number of rotatable bonds is 6. The number of amides is 1. The maximum absolute atomic E-state index is 12.7. The minimum atomic E-state index is -0.407. The monoisotopic (exact) mass is 260 g/mol. The molecule has 0 spiro atoms. The summed E-state index contributed by atoms with van der Waals surface area (Å²) in [6.07, 6.45) is 0.904. The summed E-state index contributed by atoms with van der Waals surface area (Å²) in [6, 6.07) is 3.92. The van der Waals surface area contributed by atoms with Crippen molar-refractivity contribution < 1.29 is 13.9 Å². The van der Waals surface area contributed by atoms with Gasteiger partial charge < -0.3 is 4.74 Å². The minimum absolute atomic E-state index is 0.110. The lowest BCUT2D eigenvalue weighted by atomic mass is 10.3. The normalized spacial score (nSPS) is 10.1. The molecule has 0 fully saturated rings. The summed E-state index contributed by atoms with van der Waals surface area (Å²) in [4.78, 5) is 11.1. The summed E-state index contributed by atoms with van der Waals surface area (Å²) in [7, 11) is 1.62. The molecule has 0 aromatic heterocycles. The second-order valence-corrected chi connectivity index (χ2v) is 3.73. The third kappa shape index (κ3) is 5.01. The number of halogens is 2. The van der Waals surface area contributed by atoms with Crippen LogP contribution in [0.3, 0.4) is 0 Å². The van der Waals surface area contributed by atoms with Crippen LogP contribution in [0.4, 0.5) is 4.39 Å². The quantitative estimate of drug-likeness (QED) is 0.607. The van der Waals surface area contributed by atoms with Crippen LogP contribution in [0.25, 0.3) is 0 Å². The highest BCUT2D eigenvalue weighted by Gasteiger charge is 2.04. The van der Waals surface area contributed by atoms with Crippen molar-refractivity contribution in [1.29, 1.82) is 0 Å². The molecule has 1 aromatic rings. The highest BCUT2D eigenvalue weighted by Crippen LogP contribution is 2.24. The van der Waals surface area contributed by atoms with Crippen molar-refractivity contribution in [1.82, 2.24) is 10.9 Å². The van der Waals surface area contributed by atoms with Gasteiger partial charge in [0.15, 0.2) is 0 Å². The van der Waals surface area contributed by atoms with Crippen LogP contribution >= 0.6 is 11.6 Å². The average Bonchev–Trinajstić information content (AvgIpc) is 2.27. The van der Waals surface area contributed by atoms with Gasteiger partial charge in [-0.3, -0.25) is 10.2 Å². The van der Waals surface area contributed by atoms with E-state index in [1.54, 1.807) is 7.05 Å². The van der Waals surface area contributed by atoms with E-state index in [-0.39, 0.29) is 10.9 Å². The molecule has 0 heterocycles. The van der Waals surface area contributed by atoms with Gasteiger partial charge >= 0.3 is 0 Å². The van der Waals surface area contributed by atoms with Gasteiger partial charge in [0, 0.05) is 13.5 Å². The first-order chi connectivity index (χ1) is 8.13. The summed E-state index contributed by atoms with van der Waals surface area (Å²) in [5.74, 6) is -0.0980. The van der Waals surface area contributed by atoms with Crippen LogP contribution in [0.5, 0.6) is 5.75 Å². The van der Waals surface area contributed by atoms with Crippen LogP contribution in [-0.4, -0.2) is 19.6 Å². The van der Waals surface area contributed by atoms with Crippen LogP contribution < -0.4 is 15.6 Å². The van der Waals surface area contributed by atoms with Crippen LogP contribution in [0.15, 0.2) is 18.2 Å². The molecule has 0 aliphatic carbocycles. The molecule has 0 saturated carbocycles. The lowest BCUT2D eigenvalue weighted by Crippen LogP contribution is -2.34. The molecule has 0 radical (unpaired) electrons. The van der Waals surface area contributed by atoms with Gasteiger partial charge in [-0.25, -0.2) is 9.82 Å². The third-order valence-electron chi connectivity index (χ3n) is 1.96. The molecular weight excluding hydrogens is 247 g/mol. The van der Waals surface area contributed by atoms with E-state index in [4.69, 9.17) is 16.3 Å². The Bertz CT molecular complexity index is 388. The molecule has 0 unspecified atom stereocenters. The lowest BCUT2D eigenvalue weighted by Gasteiger charge is -2.07. The largest absolute Gasteiger partial charge is 0.492 e. The zero-order chi connectivity index (χ0) is 12.7. The Balaban J connectivity index is 2.29. The summed E-state index contributed by atoms with van der Waals surface area (Å²) in [6.45, 7) is 0.350. The molecule has 0 saturated heterocycles. The van der Waals surface area contributed by atoms with E-state index < -0.39 is 5.82 Å². The Hall–Kier alpha value is -1.33. The molecule has 0 aliphatic rings. The molecule has 2 N–H and O–H groups in total. The van der Waals surface area contributed by atoms with Crippen molar-refractivity contribution in [3.8, 4) is 5.75 Å². The predicted molar refractivity (Wildman–Crippen MR) is 63.3 cm³/mol. The van der Waals surface area contributed by atoms with Gasteiger partial charge in [0.05, 0.1) is 11.6 Å². The molecule has 1 amide bonds. The first-order valence-corrected chi connectivity index (χ1v) is 5.54. The smallest absolute Gasteiger partial charge is 0.234 e. The van der Waals surface area contributed by atoms with Crippen LogP contribution in [0.1, 0.15) is 12.8 Å². The molecule has 1 rings (SSSR count). The van der Waals surface area contributed by atoms with E-state index in [0.29, 0.717) is 25.2 Å². The Morgan fingerprint density at radius 2 is 2.29 bits per heavy atom. The van der Waals surface area contributed by atoms with Crippen LogP contribution in [0.2, 0.25) is 5.02 Å². The SMILES string of the molecule is CNNC(=O)CCCOc1ccc(F)cc1Cl. The van der Waals surface area contributed by atoms with Gasteiger partial charge in [-0.1, -0.05) is 11.6 Å². The zero-order valence-electron chi connectivity index (χ0n) is 9.43. The van der Waals surface area contributed by atoms with E-state index in [1.807, 2.05) is 0 Å². The molecular formula is C11H14ClFN2O2. The molecule has 1 aromatic carbocycles. The summed E-state index contributed by atoms with van der Waals surface area (Å²) in [5, 5.41) is 0.227. The maximum atomic E-state index is 12.7. The summed E-state index contributed by atoms with van der Waals surface area (Å²) < 4.78 is 18.0. The first kappa shape index (κ1) is 13.7. The average molecular weight is 261 g/mol. The zero-order valence-corrected chi connectivity index (χ0v) is 10.2. The molecule has 0 atom stereocenters. The molecule has 94 valence electrons. The maximum Gasteiger partial charge on any atom is 0.234 e. The number of carbonyl (C=O) groups is 1. The molecule has 6 heteroatoms.